The van der Waals surface area contributed by atoms with E-state index in [1.807, 2.05) is 11.6 Å². The number of benzene rings is 1. The van der Waals surface area contributed by atoms with Crippen LogP contribution in [0, 0.1) is 6.92 Å². The number of allylic oxidation sites excluding steroid dienone is 5. The van der Waals surface area contributed by atoms with Crippen LogP contribution in [0.2, 0.25) is 0 Å². The van der Waals surface area contributed by atoms with E-state index in [0.29, 0.717) is 0 Å². The molecule has 0 amide bonds. The van der Waals surface area contributed by atoms with Crippen LogP contribution in [0.25, 0.3) is 5.70 Å². The summed E-state index contributed by atoms with van der Waals surface area (Å²) in [6.45, 7) is 13.3. The zero-order valence-electron chi connectivity index (χ0n) is 17.8. The van der Waals surface area contributed by atoms with Gasteiger partial charge in [0.1, 0.15) is 0 Å². The first kappa shape index (κ1) is 19.8. The first-order chi connectivity index (χ1) is 13.2. The summed E-state index contributed by atoms with van der Waals surface area (Å²) in [6.07, 6.45) is 9.19. The summed E-state index contributed by atoms with van der Waals surface area (Å²) in [6, 6.07) is 6.48. The highest BCUT2D eigenvalue weighted by molar-refractivity contribution is 8.27. The van der Waals surface area contributed by atoms with E-state index < -0.39 is 0 Å². The van der Waals surface area contributed by atoms with Crippen LogP contribution in [0.4, 0.5) is 5.69 Å². The zero-order chi connectivity index (χ0) is 20.1. The largest absolute Gasteiger partial charge is 0.416 e. The molecule has 28 heavy (non-hydrogen) atoms. The molecule has 4 rings (SSSR count). The van der Waals surface area contributed by atoms with Crippen LogP contribution in [0.15, 0.2) is 47.4 Å². The molecule has 0 unspecified atom stereocenters. The first-order valence-electron chi connectivity index (χ1n) is 10.3. The van der Waals surface area contributed by atoms with Gasteiger partial charge in [-0.1, -0.05) is 30.4 Å². The van der Waals surface area contributed by atoms with Crippen LogP contribution in [0.3, 0.4) is 0 Å². The second-order valence-corrected chi connectivity index (χ2v) is 10.6. The van der Waals surface area contributed by atoms with Crippen LogP contribution >= 0.6 is 11.6 Å². The number of fused-ring (bicyclic) bond motifs is 1. The molecule has 6 heteroatoms. The molecule has 2 aliphatic heterocycles. The number of aryl methyl sites for hydroxylation is 1. The lowest BCUT2D eigenvalue weighted by Crippen LogP contribution is -2.48. The number of nitrogens with one attached hydrogen (secondary N) is 2. The Morgan fingerprint density at radius 1 is 1.07 bits per heavy atom. The first-order valence-corrected chi connectivity index (χ1v) is 11.2. The van der Waals surface area contributed by atoms with Crippen molar-refractivity contribution >= 4 is 36.2 Å². The normalized spacial score (nSPS) is 24.3. The van der Waals surface area contributed by atoms with Gasteiger partial charge in [0.2, 0.25) is 0 Å². The molecular formula is C22H30B2N2OS. The van der Waals surface area contributed by atoms with E-state index >= 15 is 0 Å². The Balaban J connectivity index is 1.66. The molecule has 0 bridgehead atoms. The highest BCUT2D eigenvalue weighted by atomic mass is 32.2. The Bertz CT molecular complexity index is 873. The van der Waals surface area contributed by atoms with Crippen molar-refractivity contribution in [3.63, 3.8) is 0 Å². The van der Waals surface area contributed by atoms with Crippen LogP contribution in [0.5, 0.6) is 0 Å². The van der Waals surface area contributed by atoms with Crippen molar-refractivity contribution in [2.24, 2.45) is 0 Å². The Morgan fingerprint density at radius 3 is 2.43 bits per heavy atom. The molecular weight excluding hydrogens is 362 g/mol. The topological polar surface area (TPSA) is 33.3 Å². The number of rotatable bonds is 2. The number of hydrogen-bond donors (Lipinski definition) is 2. The second-order valence-electron chi connectivity index (χ2n) is 8.91. The zero-order valence-corrected chi connectivity index (χ0v) is 18.7. The molecule has 1 aromatic rings. The SMILES string of the molecule is C/C=C1/NB(C2=CCCC=C2B2OC(C)(C)C(C)(C)S2)Nc2cccc(C)c21. The van der Waals surface area contributed by atoms with Gasteiger partial charge in [0.25, 0.3) is 0 Å². The number of hydrogen-bond acceptors (Lipinski definition) is 4. The van der Waals surface area contributed by atoms with Gasteiger partial charge in [0, 0.05) is 21.7 Å². The third-order valence-electron chi connectivity index (χ3n) is 6.48. The molecule has 2 N–H and O–H groups in total. The van der Waals surface area contributed by atoms with E-state index in [1.54, 1.807) is 0 Å². The van der Waals surface area contributed by atoms with Crippen LogP contribution in [-0.2, 0) is 4.65 Å². The maximum absolute atomic E-state index is 6.55. The number of anilines is 1. The van der Waals surface area contributed by atoms with Gasteiger partial charge < -0.3 is 15.1 Å². The highest BCUT2D eigenvalue weighted by Crippen LogP contribution is 2.50. The van der Waals surface area contributed by atoms with E-state index in [2.05, 4.69) is 88.4 Å². The fraction of sp³-hybridized carbons (Fsp3) is 0.455. The van der Waals surface area contributed by atoms with E-state index in [0.717, 1.165) is 12.8 Å². The predicted molar refractivity (Wildman–Crippen MR) is 125 cm³/mol. The van der Waals surface area contributed by atoms with Crippen molar-refractivity contribution in [1.82, 2.24) is 5.23 Å². The Kier molecular flexibility index (Phi) is 4.99. The average Bonchev–Trinajstić information content (AvgIpc) is 2.88. The lowest BCUT2D eigenvalue weighted by atomic mass is 9.55. The maximum Gasteiger partial charge on any atom is 0.405 e. The van der Waals surface area contributed by atoms with Crippen molar-refractivity contribution in [3.05, 3.63) is 58.5 Å². The van der Waals surface area contributed by atoms with Crippen LogP contribution < -0.4 is 10.5 Å². The van der Waals surface area contributed by atoms with Crippen molar-refractivity contribution in [2.75, 3.05) is 5.23 Å². The lowest BCUT2D eigenvalue weighted by Gasteiger charge is -2.33. The fourth-order valence-corrected chi connectivity index (χ4v) is 5.66. The van der Waals surface area contributed by atoms with E-state index in [1.165, 1.54) is 33.5 Å². The third kappa shape index (κ3) is 3.25. The van der Waals surface area contributed by atoms with Gasteiger partial charge in [-0.3, -0.25) is 0 Å². The van der Waals surface area contributed by atoms with Crippen LogP contribution in [0.1, 0.15) is 58.6 Å². The summed E-state index contributed by atoms with van der Waals surface area (Å²) in [7, 11) is 0. The molecule has 1 aromatic carbocycles. The quantitative estimate of drug-likeness (QED) is 0.661. The summed E-state index contributed by atoms with van der Waals surface area (Å²) < 4.78 is 6.63. The van der Waals surface area contributed by atoms with Crippen molar-refractivity contribution < 1.29 is 4.65 Å². The van der Waals surface area contributed by atoms with Gasteiger partial charge in [-0.05, 0) is 77.0 Å². The van der Waals surface area contributed by atoms with Gasteiger partial charge >= 0.3 is 13.2 Å². The minimum Gasteiger partial charge on any atom is -0.416 e. The van der Waals surface area contributed by atoms with E-state index in [9.17, 15) is 0 Å². The maximum atomic E-state index is 6.55. The van der Waals surface area contributed by atoms with E-state index in [-0.39, 0.29) is 23.5 Å². The lowest BCUT2D eigenvalue weighted by molar-refractivity contribution is 0.0930. The third-order valence-corrected chi connectivity index (χ3v) is 8.12. The molecule has 3 nitrogen and oxygen atoms in total. The average molecular weight is 392 g/mol. The molecule has 0 radical (unpaired) electrons. The molecule has 0 aromatic heterocycles. The van der Waals surface area contributed by atoms with Gasteiger partial charge in [0.15, 0.2) is 0 Å². The molecule has 0 atom stereocenters. The van der Waals surface area contributed by atoms with Gasteiger partial charge in [-0.2, -0.15) is 11.6 Å². The predicted octanol–water partition coefficient (Wildman–Crippen LogP) is 5.39. The molecule has 3 aliphatic rings. The molecule has 2 heterocycles. The summed E-state index contributed by atoms with van der Waals surface area (Å²) in [5.74, 6) is 0. The summed E-state index contributed by atoms with van der Waals surface area (Å²) >= 11 is 1.94. The summed E-state index contributed by atoms with van der Waals surface area (Å²) in [4.78, 5) is 0. The molecule has 146 valence electrons. The summed E-state index contributed by atoms with van der Waals surface area (Å²) in [5.41, 5.74) is 7.45. The van der Waals surface area contributed by atoms with Gasteiger partial charge in [0.05, 0.1) is 5.60 Å². The standard InChI is InChI=1S/C22H30B2N2OS/c1-7-18-20-15(2)11-10-14-19(20)26-23(25-18)16-12-8-9-13-17(16)24-27-21(3,4)22(5,6)28-24/h7,10-14,25-26H,8-9H2,1-6H3/b18-7+. The van der Waals surface area contributed by atoms with E-state index in [4.69, 9.17) is 4.65 Å². The highest BCUT2D eigenvalue weighted by Gasteiger charge is 2.52. The fourth-order valence-electron chi connectivity index (χ4n) is 4.15. The van der Waals surface area contributed by atoms with Crippen LogP contribution in [-0.4, -0.2) is 23.5 Å². The van der Waals surface area contributed by atoms with Gasteiger partial charge in [-0.25, -0.2) is 0 Å². The van der Waals surface area contributed by atoms with Gasteiger partial charge in [-0.15, -0.1) is 0 Å². The Morgan fingerprint density at radius 2 is 1.79 bits per heavy atom. The molecule has 0 saturated carbocycles. The van der Waals surface area contributed by atoms with Crippen molar-refractivity contribution in [3.8, 4) is 0 Å². The Hall–Kier alpha value is -1.52. The molecule has 0 spiro atoms. The Labute approximate surface area is 174 Å². The van der Waals surface area contributed by atoms with Crippen molar-refractivity contribution in [2.45, 2.75) is 64.7 Å². The second kappa shape index (κ2) is 7.07. The molecule has 1 aliphatic carbocycles. The minimum absolute atomic E-state index is 0.0584. The smallest absolute Gasteiger partial charge is 0.405 e. The molecule has 1 fully saturated rings. The minimum atomic E-state index is -0.155. The monoisotopic (exact) mass is 392 g/mol. The summed E-state index contributed by atoms with van der Waals surface area (Å²) in [5, 5.41) is 7.48. The molecule has 1 saturated heterocycles. The van der Waals surface area contributed by atoms with Crippen molar-refractivity contribution in [1.29, 1.82) is 0 Å².